The molecule has 0 spiro atoms. The molecular formula is C16H19N3O2. The van der Waals surface area contributed by atoms with Gasteiger partial charge in [0.2, 0.25) is 5.89 Å². The molecule has 2 heterocycles. The van der Waals surface area contributed by atoms with Crippen molar-refractivity contribution in [2.75, 3.05) is 6.61 Å². The van der Waals surface area contributed by atoms with E-state index in [2.05, 4.69) is 22.3 Å². The molecule has 1 fully saturated rings. The van der Waals surface area contributed by atoms with Crippen LogP contribution in [0.5, 0.6) is 5.75 Å². The molecule has 2 N–H and O–H groups in total. The maximum Gasteiger partial charge on any atom is 0.231 e. The van der Waals surface area contributed by atoms with Crippen molar-refractivity contribution in [1.82, 2.24) is 10.1 Å². The fraction of sp³-hybridized carbons (Fsp3) is 0.500. The summed E-state index contributed by atoms with van der Waals surface area (Å²) in [5.41, 5.74) is 8.41. The number of nitrogens with two attached hydrogens (primary N) is 1. The van der Waals surface area contributed by atoms with Crippen LogP contribution in [0.3, 0.4) is 0 Å². The van der Waals surface area contributed by atoms with Crippen LogP contribution in [0.15, 0.2) is 22.7 Å². The zero-order valence-corrected chi connectivity index (χ0v) is 12.0. The Hall–Kier alpha value is -1.88. The first kappa shape index (κ1) is 12.8. The van der Waals surface area contributed by atoms with Crippen LogP contribution in [0.4, 0.5) is 0 Å². The number of aromatic nitrogens is 2. The van der Waals surface area contributed by atoms with Crippen LogP contribution < -0.4 is 10.5 Å². The summed E-state index contributed by atoms with van der Waals surface area (Å²) in [6.45, 7) is 0.777. The molecule has 110 valence electrons. The molecule has 5 heteroatoms. The minimum Gasteiger partial charge on any atom is -0.493 e. The molecule has 0 atom stereocenters. The summed E-state index contributed by atoms with van der Waals surface area (Å²) in [7, 11) is 0. The monoisotopic (exact) mass is 285 g/mol. The summed E-state index contributed by atoms with van der Waals surface area (Å²) in [6.07, 6.45) is 5.81. The van der Waals surface area contributed by atoms with Crippen LogP contribution in [0.1, 0.15) is 48.5 Å². The molecule has 0 amide bonds. The molecule has 0 bridgehead atoms. The fourth-order valence-electron chi connectivity index (χ4n) is 3.28. The average molecular weight is 285 g/mol. The van der Waals surface area contributed by atoms with Crippen LogP contribution >= 0.6 is 0 Å². The molecule has 0 saturated heterocycles. The highest BCUT2D eigenvalue weighted by molar-refractivity contribution is 5.40. The van der Waals surface area contributed by atoms with E-state index in [-0.39, 0.29) is 5.54 Å². The molecule has 1 aliphatic heterocycles. The number of fused-ring (bicyclic) bond motifs is 1. The van der Waals surface area contributed by atoms with E-state index in [9.17, 15) is 0 Å². The van der Waals surface area contributed by atoms with E-state index >= 15 is 0 Å². The molecule has 1 aliphatic carbocycles. The SMILES string of the molecule is NC1(c2noc(Cc3ccc4c(c3)CCO4)n2)CCCC1. The van der Waals surface area contributed by atoms with Gasteiger partial charge in [0, 0.05) is 6.42 Å². The fourth-order valence-corrected chi connectivity index (χ4v) is 3.28. The van der Waals surface area contributed by atoms with Gasteiger partial charge in [-0.15, -0.1) is 0 Å². The van der Waals surface area contributed by atoms with Crippen LogP contribution in [0.25, 0.3) is 0 Å². The van der Waals surface area contributed by atoms with Gasteiger partial charge in [0.1, 0.15) is 5.75 Å². The Morgan fingerprint density at radius 2 is 2.10 bits per heavy atom. The lowest BCUT2D eigenvalue weighted by Crippen LogP contribution is -2.34. The van der Waals surface area contributed by atoms with Gasteiger partial charge in [0.15, 0.2) is 5.82 Å². The van der Waals surface area contributed by atoms with E-state index < -0.39 is 0 Å². The van der Waals surface area contributed by atoms with Crippen LogP contribution in [0, 0.1) is 0 Å². The molecule has 2 aromatic rings. The van der Waals surface area contributed by atoms with E-state index in [0.717, 1.165) is 44.5 Å². The highest BCUT2D eigenvalue weighted by Crippen LogP contribution is 2.34. The summed E-state index contributed by atoms with van der Waals surface area (Å²) in [5.74, 6) is 2.30. The summed E-state index contributed by atoms with van der Waals surface area (Å²) >= 11 is 0. The van der Waals surface area contributed by atoms with Crippen molar-refractivity contribution in [2.45, 2.75) is 44.1 Å². The first-order valence-corrected chi connectivity index (χ1v) is 7.59. The highest BCUT2D eigenvalue weighted by Gasteiger charge is 2.35. The molecule has 4 rings (SSSR count). The van der Waals surface area contributed by atoms with Crippen molar-refractivity contribution in [3.05, 3.63) is 41.0 Å². The van der Waals surface area contributed by atoms with Gasteiger partial charge in [-0.3, -0.25) is 0 Å². The van der Waals surface area contributed by atoms with Gasteiger partial charge in [-0.2, -0.15) is 4.98 Å². The molecule has 0 radical (unpaired) electrons. The van der Waals surface area contributed by atoms with Crippen molar-refractivity contribution in [2.24, 2.45) is 5.73 Å². The van der Waals surface area contributed by atoms with Gasteiger partial charge < -0.3 is 15.0 Å². The first-order chi connectivity index (χ1) is 10.2. The van der Waals surface area contributed by atoms with Gasteiger partial charge in [-0.05, 0) is 30.0 Å². The van der Waals surface area contributed by atoms with E-state index in [4.69, 9.17) is 15.0 Å². The molecular weight excluding hydrogens is 266 g/mol. The molecule has 5 nitrogen and oxygen atoms in total. The summed E-state index contributed by atoms with van der Waals surface area (Å²) < 4.78 is 10.9. The van der Waals surface area contributed by atoms with Crippen LogP contribution in [0.2, 0.25) is 0 Å². The molecule has 1 aromatic heterocycles. The zero-order valence-electron chi connectivity index (χ0n) is 12.0. The number of hydrogen-bond acceptors (Lipinski definition) is 5. The van der Waals surface area contributed by atoms with Gasteiger partial charge >= 0.3 is 0 Å². The van der Waals surface area contributed by atoms with Gasteiger partial charge in [-0.1, -0.05) is 30.1 Å². The predicted octanol–water partition coefficient (Wildman–Crippen LogP) is 2.32. The Kier molecular flexibility index (Phi) is 2.96. The standard InChI is InChI=1S/C16H19N3O2/c17-16(6-1-2-7-16)15-18-14(21-19-15)10-11-3-4-13-12(9-11)5-8-20-13/h3-4,9H,1-2,5-8,10,17H2. The smallest absolute Gasteiger partial charge is 0.231 e. The van der Waals surface area contributed by atoms with Crippen LogP contribution in [-0.2, 0) is 18.4 Å². The van der Waals surface area contributed by atoms with Gasteiger partial charge in [0.25, 0.3) is 0 Å². The lowest BCUT2D eigenvalue weighted by Gasteiger charge is -2.17. The van der Waals surface area contributed by atoms with Crippen molar-refractivity contribution in [3.63, 3.8) is 0 Å². The molecule has 2 aliphatic rings. The van der Waals surface area contributed by atoms with E-state index in [1.54, 1.807) is 0 Å². The number of hydrogen-bond donors (Lipinski definition) is 1. The number of rotatable bonds is 3. The summed E-state index contributed by atoms with van der Waals surface area (Å²) in [4.78, 5) is 4.52. The molecule has 1 aromatic carbocycles. The number of ether oxygens (including phenoxy) is 1. The Morgan fingerprint density at radius 3 is 2.95 bits per heavy atom. The third-order valence-electron chi connectivity index (χ3n) is 4.52. The second-order valence-electron chi connectivity index (χ2n) is 6.09. The first-order valence-electron chi connectivity index (χ1n) is 7.59. The maximum absolute atomic E-state index is 6.36. The third kappa shape index (κ3) is 2.31. The predicted molar refractivity (Wildman–Crippen MR) is 77.1 cm³/mol. The largest absolute Gasteiger partial charge is 0.493 e. The van der Waals surface area contributed by atoms with Crippen molar-refractivity contribution in [3.8, 4) is 5.75 Å². The normalized spacial score (nSPS) is 19.5. The minimum absolute atomic E-state index is 0.381. The van der Waals surface area contributed by atoms with E-state index in [1.165, 1.54) is 11.1 Å². The van der Waals surface area contributed by atoms with Crippen molar-refractivity contribution in [1.29, 1.82) is 0 Å². The molecule has 21 heavy (non-hydrogen) atoms. The maximum atomic E-state index is 6.36. The highest BCUT2D eigenvalue weighted by atomic mass is 16.5. The third-order valence-corrected chi connectivity index (χ3v) is 4.52. The summed E-state index contributed by atoms with van der Waals surface area (Å²) in [5, 5.41) is 4.10. The summed E-state index contributed by atoms with van der Waals surface area (Å²) in [6, 6.07) is 6.25. The molecule has 0 unspecified atom stereocenters. The van der Waals surface area contributed by atoms with Crippen molar-refractivity contribution >= 4 is 0 Å². The van der Waals surface area contributed by atoms with E-state index in [1.807, 2.05) is 6.07 Å². The zero-order chi connectivity index (χ0) is 14.3. The Labute approximate surface area is 123 Å². The molecule has 1 saturated carbocycles. The van der Waals surface area contributed by atoms with Gasteiger partial charge in [-0.25, -0.2) is 0 Å². The Balaban J connectivity index is 1.54. The number of nitrogens with zero attached hydrogens (tertiary/aromatic N) is 2. The van der Waals surface area contributed by atoms with E-state index in [0.29, 0.717) is 18.1 Å². The lowest BCUT2D eigenvalue weighted by atomic mass is 9.98. The number of benzene rings is 1. The second-order valence-corrected chi connectivity index (χ2v) is 6.09. The quantitative estimate of drug-likeness (QED) is 0.936. The average Bonchev–Trinajstić information content (AvgIpc) is 3.18. The minimum atomic E-state index is -0.381. The van der Waals surface area contributed by atoms with Crippen molar-refractivity contribution < 1.29 is 9.26 Å². The topological polar surface area (TPSA) is 74.2 Å². The Morgan fingerprint density at radius 1 is 1.24 bits per heavy atom. The second kappa shape index (κ2) is 4.84. The van der Waals surface area contributed by atoms with Crippen LogP contribution in [-0.4, -0.2) is 16.7 Å². The Bertz CT molecular complexity index is 659. The van der Waals surface area contributed by atoms with Gasteiger partial charge in [0.05, 0.1) is 18.6 Å². The lowest BCUT2D eigenvalue weighted by molar-refractivity contribution is 0.352.